The van der Waals surface area contributed by atoms with Gasteiger partial charge in [0.2, 0.25) is 0 Å². The Hall–Kier alpha value is -1.46. The van der Waals surface area contributed by atoms with E-state index in [1.807, 2.05) is 24.3 Å². The van der Waals surface area contributed by atoms with E-state index in [4.69, 9.17) is 12.2 Å². The Kier molecular flexibility index (Phi) is 4.92. The molecule has 1 saturated heterocycles. The lowest BCUT2D eigenvalue weighted by molar-refractivity contribution is -0.0726. The molecule has 150 valence electrons. The van der Waals surface area contributed by atoms with Crippen LogP contribution in [0.3, 0.4) is 0 Å². The topological polar surface area (TPSA) is 35.6 Å². The summed E-state index contributed by atoms with van der Waals surface area (Å²) in [5.74, 6) is 4.09. The van der Waals surface area contributed by atoms with Gasteiger partial charge in [-0.2, -0.15) is 0 Å². The first-order valence-electron chi connectivity index (χ1n) is 11.0. The maximum Gasteiger partial charge on any atom is 0.173 e. The van der Waals surface area contributed by atoms with Crippen molar-refractivity contribution < 1.29 is 4.79 Å². The van der Waals surface area contributed by atoms with E-state index in [0.717, 1.165) is 72.3 Å². The van der Waals surface area contributed by atoms with E-state index in [2.05, 4.69) is 15.1 Å². The third-order valence-electron chi connectivity index (χ3n) is 7.72. The third-order valence-corrected chi connectivity index (χ3v) is 8.08. The van der Waals surface area contributed by atoms with Gasteiger partial charge in [-0.3, -0.25) is 9.69 Å². The number of rotatable bonds is 3. The summed E-state index contributed by atoms with van der Waals surface area (Å²) in [4.78, 5) is 16.7. The highest BCUT2D eigenvalue weighted by molar-refractivity contribution is 7.80. The number of thiocarbonyl (C=S) groups is 1. The summed E-state index contributed by atoms with van der Waals surface area (Å²) < 4.78 is 0. The molecule has 1 heterocycles. The smallest absolute Gasteiger partial charge is 0.173 e. The zero-order chi connectivity index (χ0) is 19.3. The molecule has 5 heteroatoms. The molecule has 28 heavy (non-hydrogen) atoms. The number of carbonyl (C=O) groups is 1. The van der Waals surface area contributed by atoms with E-state index in [9.17, 15) is 4.79 Å². The largest absolute Gasteiger partial charge is 0.346 e. The molecule has 4 aliphatic carbocycles. The maximum absolute atomic E-state index is 11.6. The van der Waals surface area contributed by atoms with Gasteiger partial charge >= 0.3 is 0 Å². The fourth-order valence-electron chi connectivity index (χ4n) is 6.73. The summed E-state index contributed by atoms with van der Waals surface area (Å²) in [7, 11) is 0. The molecule has 0 atom stereocenters. The van der Waals surface area contributed by atoms with Crippen molar-refractivity contribution in [1.29, 1.82) is 0 Å². The molecule has 0 spiro atoms. The molecule has 1 aromatic rings. The van der Waals surface area contributed by atoms with Crippen LogP contribution in [-0.2, 0) is 0 Å². The first-order chi connectivity index (χ1) is 13.6. The SMILES string of the molecule is CC(=O)c1cccc(NC(=S)N2CCN(C3C4CC5CC(C4)CC3C5)CC2)c1. The first-order valence-corrected chi connectivity index (χ1v) is 11.4. The minimum absolute atomic E-state index is 0.0823. The van der Waals surface area contributed by atoms with E-state index in [1.54, 1.807) is 6.92 Å². The van der Waals surface area contributed by atoms with Crippen LogP contribution in [0.5, 0.6) is 0 Å². The van der Waals surface area contributed by atoms with E-state index >= 15 is 0 Å². The Balaban J connectivity index is 1.18. The standard InChI is InChI=1S/C23H31N3OS/c1-15(27)18-3-2-4-21(14-18)24-23(28)26-7-5-25(6-8-26)22-19-10-16-9-17(12-19)13-20(22)11-16/h2-4,14,16-17,19-20,22H,5-13H2,1H3,(H,24,28). The van der Waals surface area contributed by atoms with Crippen molar-refractivity contribution in [3.8, 4) is 0 Å². The van der Waals surface area contributed by atoms with Crippen LogP contribution in [-0.4, -0.2) is 52.9 Å². The lowest BCUT2D eigenvalue weighted by Gasteiger charge is -2.58. The van der Waals surface area contributed by atoms with Crippen LogP contribution in [0.1, 0.15) is 49.4 Å². The second kappa shape index (κ2) is 7.42. The van der Waals surface area contributed by atoms with Crippen molar-refractivity contribution >= 4 is 28.8 Å². The van der Waals surface area contributed by atoms with Crippen LogP contribution in [0.2, 0.25) is 0 Å². The number of hydrogen-bond donors (Lipinski definition) is 1. The molecule has 4 saturated carbocycles. The fourth-order valence-corrected chi connectivity index (χ4v) is 7.03. The lowest BCUT2D eigenvalue weighted by Crippen LogP contribution is -2.60. The van der Waals surface area contributed by atoms with Gasteiger partial charge in [-0.1, -0.05) is 12.1 Å². The fraction of sp³-hybridized carbons (Fsp3) is 0.652. The average Bonchev–Trinajstić information content (AvgIpc) is 2.68. The zero-order valence-electron chi connectivity index (χ0n) is 16.8. The molecule has 1 aromatic carbocycles. The van der Waals surface area contributed by atoms with Crippen molar-refractivity contribution in [3.05, 3.63) is 29.8 Å². The van der Waals surface area contributed by atoms with Gasteiger partial charge in [0.15, 0.2) is 10.9 Å². The molecule has 1 N–H and O–H groups in total. The zero-order valence-corrected chi connectivity index (χ0v) is 17.6. The molecule has 6 rings (SSSR count). The molecule has 0 unspecified atom stereocenters. The quantitative estimate of drug-likeness (QED) is 0.615. The summed E-state index contributed by atoms with van der Waals surface area (Å²) in [5, 5.41) is 4.12. The number of piperazine rings is 1. The number of hydrogen-bond acceptors (Lipinski definition) is 3. The molecule has 5 aliphatic rings. The van der Waals surface area contributed by atoms with Crippen molar-refractivity contribution in [2.45, 2.75) is 45.1 Å². The van der Waals surface area contributed by atoms with Crippen LogP contribution in [0, 0.1) is 23.7 Å². The molecule has 0 aromatic heterocycles. The number of ketones is 1. The molecule has 0 radical (unpaired) electrons. The summed E-state index contributed by atoms with van der Waals surface area (Å²) in [6.45, 7) is 5.85. The Morgan fingerprint density at radius 3 is 2.25 bits per heavy atom. The summed E-state index contributed by atoms with van der Waals surface area (Å²) >= 11 is 5.67. The third kappa shape index (κ3) is 3.48. The van der Waals surface area contributed by atoms with Crippen molar-refractivity contribution in [1.82, 2.24) is 9.80 Å². The van der Waals surface area contributed by atoms with Gasteiger partial charge < -0.3 is 10.2 Å². The van der Waals surface area contributed by atoms with Crippen LogP contribution in [0.25, 0.3) is 0 Å². The Labute approximate surface area is 173 Å². The number of carbonyl (C=O) groups excluding carboxylic acids is 1. The normalized spacial score (nSPS) is 34.5. The van der Waals surface area contributed by atoms with Gasteiger partial charge in [-0.15, -0.1) is 0 Å². The summed E-state index contributed by atoms with van der Waals surface area (Å²) in [6.07, 6.45) is 7.49. The van der Waals surface area contributed by atoms with Crippen LogP contribution >= 0.6 is 12.2 Å². The highest BCUT2D eigenvalue weighted by Crippen LogP contribution is 2.55. The number of anilines is 1. The average molecular weight is 398 g/mol. The molecule has 0 amide bonds. The van der Waals surface area contributed by atoms with E-state index < -0.39 is 0 Å². The highest BCUT2D eigenvalue weighted by Gasteiger charge is 2.50. The Morgan fingerprint density at radius 1 is 1.00 bits per heavy atom. The monoisotopic (exact) mass is 397 g/mol. The maximum atomic E-state index is 11.6. The minimum Gasteiger partial charge on any atom is -0.346 e. The number of nitrogens with zero attached hydrogens (tertiary/aromatic N) is 2. The van der Waals surface area contributed by atoms with Crippen molar-refractivity contribution in [2.24, 2.45) is 23.7 Å². The molecular weight excluding hydrogens is 366 g/mol. The molecule has 4 nitrogen and oxygen atoms in total. The van der Waals surface area contributed by atoms with Gasteiger partial charge in [0.05, 0.1) is 0 Å². The lowest BCUT2D eigenvalue weighted by atomic mass is 9.54. The van der Waals surface area contributed by atoms with Crippen molar-refractivity contribution in [3.63, 3.8) is 0 Å². The molecule has 1 aliphatic heterocycles. The van der Waals surface area contributed by atoms with Crippen LogP contribution in [0.15, 0.2) is 24.3 Å². The second-order valence-electron chi connectivity index (χ2n) is 9.51. The van der Waals surface area contributed by atoms with Crippen molar-refractivity contribution in [2.75, 3.05) is 31.5 Å². The highest BCUT2D eigenvalue weighted by atomic mass is 32.1. The summed E-state index contributed by atoms with van der Waals surface area (Å²) in [6, 6.07) is 8.46. The second-order valence-corrected chi connectivity index (χ2v) is 9.90. The van der Waals surface area contributed by atoms with Gasteiger partial charge in [0.25, 0.3) is 0 Å². The first kappa shape index (κ1) is 18.6. The number of benzene rings is 1. The predicted molar refractivity (Wildman–Crippen MR) is 117 cm³/mol. The number of nitrogens with one attached hydrogen (secondary N) is 1. The van der Waals surface area contributed by atoms with Gasteiger partial charge in [0, 0.05) is 43.5 Å². The predicted octanol–water partition coefficient (Wildman–Crippen LogP) is 4.03. The molecule has 4 bridgehead atoms. The van der Waals surface area contributed by atoms with Crippen LogP contribution < -0.4 is 5.32 Å². The van der Waals surface area contributed by atoms with E-state index in [-0.39, 0.29) is 5.78 Å². The van der Waals surface area contributed by atoms with Gasteiger partial charge in [-0.25, -0.2) is 0 Å². The van der Waals surface area contributed by atoms with Gasteiger partial charge in [-0.05, 0) is 87.1 Å². The van der Waals surface area contributed by atoms with Crippen LogP contribution in [0.4, 0.5) is 5.69 Å². The molecule has 5 fully saturated rings. The Morgan fingerprint density at radius 2 is 1.64 bits per heavy atom. The summed E-state index contributed by atoms with van der Waals surface area (Å²) in [5.41, 5.74) is 1.63. The number of Topliss-reactive ketones (excluding diaryl/α,β-unsaturated/α-hetero) is 1. The van der Waals surface area contributed by atoms with Gasteiger partial charge in [0.1, 0.15) is 0 Å². The Bertz CT molecular complexity index is 743. The van der Waals surface area contributed by atoms with E-state index in [0.29, 0.717) is 0 Å². The minimum atomic E-state index is 0.0823. The van der Waals surface area contributed by atoms with E-state index in [1.165, 1.54) is 32.1 Å². The molecular formula is C23H31N3OS.